The summed E-state index contributed by atoms with van der Waals surface area (Å²) in [6.07, 6.45) is 3.86. The molecule has 0 aromatic rings. The van der Waals surface area contributed by atoms with Crippen LogP contribution in [-0.4, -0.2) is 74.0 Å². The molecule has 18 heavy (non-hydrogen) atoms. The number of piperazine rings is 1. The van der Waals surface area contributed by atoms with E-state index in [1.807, 2.05) is 24.0 Å². The second kappa shape index (κ2) is 5.61. The number of likely N-dealkylation sites (N-methyl/N-ethyl adjacent to an activating group) is 1. The van der Waals surface area contributed by atoms with Crippen LogP contribution in [0.25, 0.3) is 0 Å². The van der Waals surface area contributed by atoms with E-state index in [0.717, 1.165) is 31.8 Å². The van der Waals surface area contributed by atoms with Crippen molar-refractivity contribution in [2.24, 2.45) is 10.9 Å². The third-order valence-corrected chi connectivity index (χ3v) is 3.66. The van der Waals surface area contributed by atoms with Crippen LogP contribution in [0.5, 0.6) is 0 Å². The van der Waals surface area contributed by atoms with Crippen molar-refractivity contribution in [2.45, 2.75) is 13.0 Å². The molecule has 0 aromatic heterocycles. The van der Waals surface area contributed by atoms with Crippen LogP contribution in [0.15, 0.2) is 17.1 Å². The molecule has 2 unspecified atom stereocenters. The molecule has 0 radical (unpaired) electrons. The number of carbonyl (C=O) groups is 1. The summed E-state index contributed by atoms with van der Waals surface area (Å²) in [5.41, 5.74) is 0.866. The molecule has 5 heteroatoms. The predicted octanol–water partition coefficient (Wildman–Crippen LogP) is -0.130. The second-order valence-electron chi connectivity index (χ2n) is 5.01. The summed E-state index contributed by atoms with van der Waals surface area (Å²) in [4.78, 5) is 21.1. The quantitative estimate of drug-likeness (QED) is 0.635. The maximum atomic E-state index is 12.4. The van der Waals surface area contributed by atoms with Crippen LogP contribution in [-0.2, 0) is 4.79 Å². The number of amides is 1. The molecule has 0 aliphatic carbocycles. The van der Waals surface area contributed by atoms with Crippen LogP contribution in [0.3, 0.4) is 0 Å². The molecule has 0 spiro atoms. The molecule has 0 saturated carbocycles. The van der Waals surface area contributed by atoms with Gasteiger partial charge in [-0.3, -0.25) is 0 Å². The molecule has 2 aliphatic rings. The van der Waals surface area contributed by atoms with Gasteiger partial charge in [-0.25, -0.2) is 0 Å². The van der Waals surface area contributed by atoms with Crippen molar-refractivity contribution in [1.82, 2.24) is 9.80 Å². The van der Waals surface area contributed by atoms with Gasteiger partial charge in [0.2, 0.25) is 0 Å². The van der Waals surface area contributed by atoms with E-state index < -0.39 is 0 Å². The van der Waals surface area contributed by atoms with Crippen molar-refractivity contribution in [3.63, 3.8) is 0 Å². The fourth-order valence-electron chi connectivity index (χ4n) is 2.37. The van der Waals surface area contributed by atoms with Gasteiger partial charge in [-0.05, 0) is 0 Å². The topological polar surface area (TPSA) is 35.9 Å². The fourth-order valence-corrected chi connectivity index (χ4v) is 2.37. The van der Waals surface area contributed by atoms with Crippen molar-refractivity contribution < 1.29 is 4.79 Å². The summed E-state index contributed by atoms with van der Waals surface area (Å²) in [6.45, 7) is 11.0. The Hall–Kier alpha value is -1.23. The summed E-state index contributed by atoms with van der Waals surface area (Å²) in [5, 5.41) is 0. The standard InChI is InChI=1S/C13H20BN3O/c1-10-11(4-5-12(14-2)15-10)13(18)17-8-6-16(3)7-9-17/h4-5,10-11H,2,6-9H2,1,3H3. The summed E-state index contributed by atoms with van der Waals surface area (Å²) >= 11 is 0. The van der Waals surface area contributed by atoms with Gasteiger partial charge in [0.05, 0.1) is 0 Å². The van der Waals surface area contributed by atoms with Gasteiger partial charge < -0.3 is 0 Å². The van der Waals surface area contributed by atoms with Crippen molar-refractivity contribution in [1.29, 1.82) is 0 Å². The average molecular weight is 245 g/mol. The van der Waals surface area contributed by atoms with Gasteiger partial charge in [0.1, 0.15) is 0 Å². The van der Waals surface area contributed by atoms with E-state index in [0.29, 0.717) is 0 Å². The van der Waals surface area contributed by atoms with Crippen LogP contribution in [0.1, 0.15) is 6.92 Å². The number of hydrogen-bond donors (Lipinski definition) is 0. The van der Waals surface area contributed by atoms with E-state index in [4.69, 9.17) is 0 Å². The van der Waals surface area contributed by atoms with Gasteiger partial charge in [-0.2, -0.15) is 0 Å². The molecule has 1 amide bonds. The van der Waals surface area contributed by atoms with Gasteiger partial charge in [0, 0.05) is 0 Å². The molecule has 2 atom stereocenters. The molecule has 1 saturated heterocycles. The van der Waals surface area contributed by atoms with Gasteiger partial charge in [-0.1, -0.05) is 0 Å². The Morgan fingerprint density at radius 1 is 1.44 bits per heavy atom. The number of allylic oxidation sites excluding steroid dienone is 1. The Labute approximate surface area is 109 Å². The van der Waals surface area contributed by atoms with Crippen molar-refractivity contribution >= 4 is 24.9 Å². The van der Waals surface area contributed by atoms with E-state index >= 15 is 0 Å². The van der Waals surface area contributed by atoms with Crippen molar-refractivity contribution in [3.05, 3.63) is 12.2 Å². The maximum absolute atomic E-state index is 12.4. The molecule has 0 bridgehead atoms. The third kappa shape index (κ3) is 2.78. The van der Waals surface area contributed by atoms with E-state index in [2.05, 4.69) is 23.4 Å². The number of dihydropyridines is 1. The first-order valence-corrected chi connectivity index (χ1v) is 6.47. The summed E-state index contributed by atoms with van der Waals surface area (Å²) in [5.74, 6) is 0.0934. The Morgan fingerprint density at radius 2 is 2.11 bits per heavy atom. The van der Waals surface area contributed by atoms with Gasteiger partial charge in [-0.15, -0.1) is 0 Å². The fraction of sp³-hybridized carbons (Fsp3) is 0.615. The molecule has 2 rings (SSSR count). The first kappa shape index (κ1) is 13.2. The van der Waals surface area contributed by atoms with E-state index in [1.54, 1.807) is 6.92 Å². The Morgan fingerprint density at radius 3 is 2.67 bits per heavy atom. The third-order valence-electron chi connectivity index (χ3n) is 3.66. The first-order valence-electron chi connectivity index (χ1n) is 6.47. The normalized spacial score (nSPS) is 28.8. The molecule has 0 aromatic carbocycles. The van der Waals surface area contributed by atoms with Crippen LogP contribution in [0, 0.1) is 5.92 Å². The molecule has 2 heterocycles. The number of hydrogen-bond acceptors (Lipinski definition) is 3. The van der Waals surface area contributed by atoms with Gasteiger partial charge >= 0.3 is 109 Å². The Kier molecular flexibility index (Phi) is 4.12. The van der Waals surface area contributed by atoms with Crippen LogP contribution < -0.4 is 0 Å². The molecule has 96 valence electrons. The minimum absolute atomic E-state index is 0.00940. The Bertz CT molecular complexity index is 397. The zero-order valence-electron chi connectivity index (χ0n) is 11.2. The predicted molar refractivity (Wildman–Crippen MR) is 76.5 cm³/mol. The van der Waals surface area contributed by atoms with Crippen molar-refractivity contribution in [3.8, 4) is 0 Å². The zero-order chi connectivity index (χ0) is 13.1. The Balaban J connectivity index is 2.00. The number of nitrogens with zero attached hydrogens (tertiary/aromatic N) is 3. The van der Waals surface area contributed by atoms with E-state index in [1.165, 1.54) is 0 Å². The second-order valence-corrected chi connectivity index (χ2v) is 5.01. The van der Waals surface area contributed by atoms with Crippen molar-refractivity contribution in [2.75, 3.05) is 33.2 Å². The van der Waals surface area contributed by atoms with Crippen LogP contribution >= 0.6 is 0 Å². The first-order chi connectivity index (χ1) is 8.61. The zero-order valence-corrected chi connectivity index (χ0v) is 11.2. The molecule has 4 nitrogen and oxygen atoms in total. The van der Waals surface area contributed by atoms with Crippen LogP contribution in [0.4, 0.5) is 0 Å². The summed E-state index contributed by atoms with van der Waals surface area (Å²) < 4.78 is 0. The van der Waals surface area contributed by atoms with Gasteiger partial charge in [0.15, 0.2) is 0 Å². The molecule has 1 fully saturated rings. The van der Waals surface area contributed by atoms with E-state index in [9.17, 15) is 4.79 Å². The summed E-state index contributed by atoms with van der Waals surface area (Å²) in [7, 11) is 2.09. The molecular weight excluding hydrogens is 225 g/mol. The molecular formula is C13H20BN3O. The minimum atomic E-state index is -0.114. The monoisotopic (exact) mass is 245 g/mol. The summed E-state index contributed by atoms with van der Waals surface area (Å²) in [6, 6.07) is 0.00940. The van der Waals surface area contributed by atoms with Crippen LogP contribution in [0.2, 0.25) is 0 Å². The number of carbonyl (C=O) groups excluding carboxylic acids is 1. The molecule has 2 aliphatic heterocycles. The number of aliphatic imine (C=N–C) groups is 1. The SMILES string of the molecule is C=BC1=NC(C)C(C(=O)N2CCN(C)CC2)C=C1. The van der Waals surface area contributed by atoms with E-state index in [-0.39, 0.29) is 17.9 Å². The molecule has 0 N–H and O–H groups in total. The number of rotatable bonds is 2. The van der Waals surface area contributed by atoms with Gasteiger partial charge in [0.25, 0.3) is 0 Å². The average Bonchev–Trinajstić information content (AvgIpc) is 2.38.